The van der Waals surface area contributed by atoms with Crippen molar-refractivity contribution in [3.05, 3.63) is 59.5 Å². The molecule has 1 aliphatic heterocycles. The molecular weight excluding hydrogens is 453 g/mol. The van der Waals surface area contributed by atoms with Gasteiger partial charge in [0, 0.05) is 45.6 Å². The minimum Gasteiger partial charge on any atom is -0.469 e. The first-order valence-electron chi connectivity index (χ1n) is 9.36. The number of nitrogens with one attached hydrogen (secondary N) is 1. The zero-order valence-electron chi connectivity index (χ0n) is 16.2. The van der Waals surface area contributed by atoms with Gasteiger partial charge in [0.1, 0.15) is 5.76 Å². The smallest absolute Gasteiger partial charge is 0.193 e. The largest absolute Gasteiger partial charge is 0.469 e. The van der Waals surface area contributed by atoms with Gasteiger partial charge in [-0.2, -0.15) is 0 Å². The van der Waals surface area contributed by atoms with Crippen LogP contribution in [0.25, 0.3) is 0 Å². The Morgan fingerprint density at radius 2 is 2.07 bits per heavy atom. The van der Waals surface area contributed by atoms with Crippen molar-refractivity contribution in [2.45, 2.75) is 26.3 Å². The summed E-state index contributed by atoms with van der Waals surface area (Å²) in [7, 11) is 2.09. The van der Waals surface area contributed by atoms with Gasteiger partial charge >= 0.3 is 0 Å². The van der Waals surface area contributed by atoms with E-state index in [1.807, 2.05) is 12.1 Å². The maximum atomic E-state index is 5.47. The lowest BCUT2D eigenvalue weighted by molar-refractivity contribution is 0.187. The van der Waals surface area contributed by atoms with Gasteiger partial charge in [-0.1, -0.05) is 29.8 Å². The van der Waals surface area contributed by atoms with Gasteiger partial charge in [0.25, 0.3) is 0 Å². The van der Waals surface area contributed by atoms with Crippen LogP contribution in [0.15, 0.2) is 52.1 Å². The lowest BCUT2D eigenvalue weighted by Crippen LogP contribution is -2.40. The fraction of sp³-hybridized carbons (Fsp3) is 0.476. The predicted octanol–water partition coefficient (Wildman–Crippen LogP) is 3.86. The Hall–Kier alpha value is -1.54. The highest BCUT2D eigenvalue weighted by molar-refractivity contribution is 14.0. The summed E-state index contributed by atoms with van der Waals surface area (Å²) in [6.45, 7) is 6.23. The van der Waals surface area contributed by atoms with Gasteiger partial charge in [-0.15, -0.1) is 24.0 Å². The van der Waals surface area contributed by atoms with E-state index in [2.05, 4.69) is 48.5 Å². The van der Waals surface area contributed by atoms with Crippen LogP contribution < -0.4 is 5.32 Å². The SMILES string of the molecule is Cc1ccc(CN(C)C(=NCC2CCOC2)NCCc2ccco2)cc1.I. The fourth-order valence-electron chi connectivity index (χ4n) is 3.05. The van der Waals surface area contributed by atoms with E-state index in [1.165, 1.54) is 11.1 Å². The minimum absolute atomic E-state index is 0. The number of hydrogen-bond donors (Lipinski definition) is 1. The number of furan rings is 1. The molecule has 1 aromatic heterocycles. The summed E-state index contributed by atoms with van der Waals surface area (Å²) in [5.41, 5.74) is 2.56. The van der Waals surface area contributed by atoms with E-state index >= 15 is 0 Å². The van der Waals surface area contributed by atoms with Gasteiger partial charge in [0.15, 0.2) is 5.96 Å². The third kappa shape index (κ3) is 7.18. The Labute approximate surface area is 179 Å². The summed E-state index contributed by atoms with van der Waals surface area (Å²) in [6.07, 6.45) is 3.66. The molecule has 1 aromatic carbocycles. The van der Waals surface area contributed by atoms with Gasteiger partial charge in [-0.3, -0.25) is 4.99 Å². The second kappa shape index (κ2) is 11.3. The molecule has 1 fully saturated rings. The first-order chi connectivity index (χ1) is 12.7. The lowest BCUT2D eigenvalue weighted by Gasteiger charge is -2.23. The first kappa shape index (κ1) is 21.8. The Balaban J connectivity index is 0.00000261. The zero-order chi connectivity index (χ0) is 18.2. The number of benzene rings is 1. The molecule has 27 heavy (non-hydrogen) atoms. The summed E-state index contributed by atoms with van der Waals surface area (Å²) in [5, 5.41) is 3.49. The second-order valence-corrected chi connectivity index (χ2v) is 6.99. The monoisotopic (exact) mass is 483 g/mol. The van der Waals surface area contributed by atoms with Gasteiger partial charge in [-0.05, 0) is 31.0 Å². The molecular formula is C21H30IN3O2. The summed E-state index contributed by atoms with van der Waals surface area (Å²) >= 11 is 0. The van der Waals surface area contributed by atoms with Crippen LogP contribution in [0.2, 0.25) is 0 Å². The molecule has 1 aliphatic rings. The molecule has 0 aliphatic carbocycles. The number of halogens is 1. The number of hydrogen-bond acceptors (Lipinski definition) is 3. The highest BCUT2D eigenvalue weighted by atomic mass is 127. The standard InChI is InChI=1S/C21H29N3O2.HI/c1-17-5-7-18(8-6-17)15-24(2)21(23-14-19-10-13-25-16-19)22-11-9-20-4-3-12-26-20;/h3-8,12,19H,9-11,13-16H2,1-2H3,(H,22,23);1H. The molecule has 0 spiro atoms. The number of guanidine groups is 1. The van der Waals surface area contributed by atoms with E-state index in [4.69, 9.17) is 14.1 Å². The average Bonchev–Trinajstić information content (AvgIpc) is 3.33. The van der Waals surface area contributed by atoms with Crippen LogP contribution in [-0.4, -0.2) is 44.2 Å². The number of nitrogens with zero attached hydrogens (tertiary/aromatic N) is 2. The summed E-state index contributed by atoms with van der Waals surface area (Å²) in [6, 6.07) is 12.6. The molecule has 2 heterocycles. The van der Waals surface area contributed by atoms with Crippen LogP contribution in [0.3, 0.4) is 0 Å². The van der Waals surface area contributed by atoms with E-state index in [0.29, 0.717) is 5.92 Å². The van der Waals surface area contributed by atoms with Crippen molar-refractivity contribution in [3.63, 3.8) is 0 Å². The maximum Gasteiger partial charge on any atom is 0.193 e. The van der Waals surface area contributed by atoms with Crippen molar-refractivity contribution in [1.82, 2.24) is 10.2 Å². The highest BCUT2D eigenvalue weighted by Gasteiger charge is 2.16. The summed E-state index contributed by atoms with van der Waals surface area (Å²) in [4.78, 5) is 7.04. The molecule has 6 heteroatoms. The zero-order valence-corrected chi connectivity index (χ0v) is 18.5. The third-order valence-corrected chi connectivity index (χ3v) is 4.66. The van der Waals surface area contributed by atoms with Crippen molar-refractivity contribution in [2.24, 2.45) is 10.9 Å². The van der Waals surface area contributed by atoms with E-state index in [0.717, 1.165) is 57.4 Å². The number of aryl methyl sites for hydroxylation is 1. The van der Waals surface area contributed by atoms with Crippen molar-refractivity contribution < 1.29 is 9.15 Å². The lowest BCUT2D eigenvalue weighted by atomic mass is 10.1. The van der Waals surface area contributed by atoms with E-state index in [-0.39, 0.29) is 24.0 Å². The van der Waals surface area contributed by atoms with Crippen molar-refractivity contribution in [1.29, 1.82) is 0 Å². The summed E-state index contributed by atoms with van der Waals surface area (Å²) in [5.74, 6) is 2.45. The van der Waals surface area contributed by atoms with Crippen LogP contribution in [-0.2, 0) is 17.7 Å². The highest BCUT2D eigenvalue weighted by Crippen LogP contribution is 2.13. The minimum atomic E-state index is 0. The molecule has 5 nitrogen and oxygen atoms in total. The Morgan fingerprint density at radius 3 is 2.74 bits per heavy atom. The van der Waals surface area contributed by atoms with E-state index < -0.39 is 0 Å². The molecule has 0 amide bonds. The molecule has 1 saturated heterocycles. The van der Waals surface area contributed by atoms with E-state index in [9.17, 15) is 0 Å². The van der Waals surface area contributed by atoms with Crippen LogP contribution in [0, 0.1) is 12.8 Å². The molecule has 1 unspecified atom stereocenters. The number of ether oxygens (including phenoxy) is 1. The van der Waals surface area contributed by atoms with Crippen LogP contribution in [0.4, 0.5) is 0 Å². The Morgan fingerprint density at radius 1 is 1.26 bits per heavy atom. The van der Waals surface area contributed by atoms with E-state index in [1.54, 1.807) is 6.26 Å². The van der Waals surface area contributed by atoms with Crippen LogP contribution in [0.5, 0.6) is 0 Å². The van der Waals surface area contributed by atoms with Crippen molar-refractivity contribution in [3.8, 4) is 0 Å². The van der Waals surface area contributed by atoms with Gasteiger partial charge < -0.3 is 19.4 Å². The molecule has 1 atom stereocenters. The maximum absolute atomic E-state index is 5.47. The number of aliphatic imine (C=N–C) groups is 1. The van der Waals surface area contributed by atoms with Gasteiger partial charge in [0.2, 0.25) is 0 Å². The molecule has 0 bridgehead atoms. The number of rotatable bonds is 7. The predicted molar refractivity (Wildman–Crippen MR) is 120 cm³/mol. The fourth-order valence-corrected chi connectivity index (χ4v) is 3.05. The van der Waals surface area contributed by atoms with Crippen LogP contribution >= 0.6 is 24.0 Å². The Kier molecular flexibility index (Phi) is 9.14. The van der Waals surface area contributed by atoms with Crippen molar-refractivity contribution in [2.75, 3.05) is 33.4 Å². The normalized spacial score (nSPS) is 16.8. The molecule has 2 aromatic rings. The topological polar surface area (TPSA) is 50.0 Å². The second-order valence-electron chi connectivity index (χ2n) is 6.99. The van der Waals surface area contributed by atoms with Gasteiger partial charge in [-0.25, -0.2) is 0 Å². The molecule has 148 valence electrons. The summed E-state index contributed by atoms with van der Waals surface area (Å²) < 4.78 is 10.9. The molecule has 0 radical (unpaired) electrons. The third-order valence-electron chi connectivity index (χ3n) is 4.66. The molecule has 0 saturated carbocycles. The average molecular weight is 483 g/mol. The molecule has 3 rings (SSSR count). The molecule has 1 N–H and O–H groups in total. The first-order valence-corrected chi connectivity index (χ1v) is 9.36. The Bertz CT molecular complexity index is 680. The van der Waals surface area contributed by atoms with Gasteiger partial charge in [0.05, 0.1) is 12.9 Å². The van der Waals surface area contributed by atoms with Crippen LogP contribution in [0.1, 0.15) is 23.3 Å². The van der Waals surface area contributed by atoms with Crippen molar-refractivity contribution >= 4 is 29.9 Å². The quantitative estimate of drug-likeness (QED) is 0.369.